The van der Waals surface area contributed by atoms with Crippen LogP contribution in [0.1, 0.15) is 10.4 Å². The second-order valence-electron chi connectivity index (χ2n) is 5.75. The van der Waals surface area contributed by atoms with Gasteiger partial charge in [0.1, 0.15) is 11.3 Å². The van der Waals surface area contributed by atoms with Crippen LogP contribution in [-0.4, -0.2) is 23.0 Å². The summed E-state index contributed by atoms with van der Waals surface area (Å²) in [4.78, 5) is 21.0. The van der Waals surface area contributed by atoms with E-state index < -0.39 is 0 Å². The van der Waals surface area contributed by atoms with Crippen LogP contribution in [0, 0.1) is 0 Å². The van der Waals surface area contributed by atoms with Crippen molar-refractivity contribution >= 4 is 34.3 Å². The van der Waals surface area contributed by atoms with Gasteiger partial charge in [0.2, 0.25) is 5.89 Å². The zero-order chi connectivity index (χ0) is 18.8. The third-order valence-corrected chi connectivity index (χ3v) is 4.26. The normalized spacial score (nSPS) is 10.7. The number of pyridine rings is 1. The molecule has 0 fully saturated rings. The van der Waals surface area contributed by atoms with Crippen LogP contribution in [0.25, 0.3) is 22.6 Å². The fraction of sp³-hybridized carbons (Fsp3) is 0.0500. The summed E-state index contributed by atoms with van der Waals surface area (Å²) in [7, 11) is 1.52. The second kappa shape index (κ2) is 7.09. The number of nitrogens with one attached hydrogen (secondary N) is 1. The van der Waals surface area contributed by atoms with Crippen LogP contribution in [0.15, 0.2) is 65.3 Å². The van der Waals surface area contributed by atoms with E-state index >= 15 is 0 Å². The molecule has 2 aromatic heterocycles. The number of fused-ring (bicyclic) bond motifs is 1. The van der Waals surface area contributed by atoms with E-state index in [9.17, 15) is 4.79 Å². The van der Waals surface area contributed by atoms with Gasteiger partial charge in [-0.2, -0.15) is 0 Å². The molecule has 0 saturated carbocycles. The first-order chi connectivity index (χ1) is 13.1. The lowest BCUT2D eigenvalue weighted by Crippen LogP contribution is -2.11. The molecule has 0 bridgehead atoms. The number of nitrogens with zero attached hydrogens (tertiary/aromatic N) is 2. The molecule has 27 heavy (non-hydrogen) atoms. The molecule has 134 valence electrons. The first kappa shape index (κ1) is 17.1. The number of aromatic nitrogens is 2. The highest BCUT2D eigenvalue weighted by atomic mass is 35.5. The summed E-state index contributed by atoms with van der Waals surface area (Å²) in [5.74, 6) is 0.707. The number of amides is 1. The van der Waals surface area contributed by atoms with Crippen molar-refractivity contribution in [2.24, 2.45) is 0 Å². The van der Waals surface area contributed by atoms with Gasteiger partial charge >= 0.3 is 0 Å². The number of benzene rings is 2. The summed E-state index contributed by atoms with van der Waals surface area (Å²) in [5.41, 5.74) is 3.08. The molecule has 1 N–H and O–H groups in total. The number of hydrogen-bond acceptors (Lipinski definition) is 5. The van der Waals surface area contributed by atoms with Gasteiger partial charge in [0.15, 0.2) is 5.58 Å². The number of oxazole rings is 1. The van der Waals surface area contributed by atoms with E-state index in [1.165, 1.54) is 7.11 Å². The number of carbonyl (C=O) groups excluding carboxylic acids is 1. The molecule has 0 atom stereocenters. The van der Waals surface area contributed by atoms with Crippen LogP contribution in [0.5, 0.6) is 5.75 Å². The Morgan fingerprint density at radius 3 is 2.81 bits per heavy atom. The Morgan fingerprint density at radius 2 is 2.07 bits per heavy atom. The fourth-order valence-corrected chi connectivity index (χ4v) is 2.89. The van der Waals surface area contributed by atoms with Crippen LogP contribution in [0.3, 0.4) is 0 Å². The van der Waals surface area contributed by atoms with Crippen LogP contribution >= 0.6 is 11.6 Å². The van der Waals surface area contributed by atoms with Gasteiger partial charge in [0, 0.05) is 23.6 Å². The Labute approximate surface area is 159 Å². The fourth-order valence-electron chi connectivity index (χ4n) is 2.63. The summed E-state index contributed by atoms with van der Waals surface area (Å²) in [5, 5.41) is 3.21. The van der Waals surface area contributed by atoms with E-state index in [1.807, 2.05) is 12.1 Å². The molecule has 2 heterocycles. The van der Waals surface area contributed by atoms with Crippen molar-refractivity contribution in [2.75, 3.05) is 12.4 Å². The van der Waals surface area contributed by atoms with Gasteiger partial charge in [-0.1, -0.05) is 11.6 Å². The van der Waals surface area contributed by atoms with E-state index in [2.05, 4.69) is 15.3 Å². The molecule has 0 spiro atoms. The topological polar surface area (TPSA) is 77.2 Å². The predicted molar refractivity (Wildman–Crippen MR) is 103 cm³/mol. The van der Waals surface area contributed by atoms with Gasteiger partial charge in [-0.25, -0.2) is 4.98 Å². The van der Waals surface area contributed by atoms with Crippen molar-refractivity contribution in [3.8, 4) is 17.2 Å². The zero-order valence-corrected chi connectivity index (χ0v) is 15.0. The molecule has 0 aliphatic heterocycles. The van der Waals surface area contributed by atoms with Crippen molar-refractivity contribution in [1.29, 1.82) is 0 Å². The molecule has 6 nitrogen and oxygen atoms in total. The van der Waals surface area contributed by atoms with Crippen LogP contribution < -0.4 is 10.1 Å². The maximum absolute atomic E-state index is 12.5. The first-order valence-corrected chi connectivity index (χ1v) is 8.48. The largest absolute Gasteiger partial charge is 0.495 e. The van der Waals surface area contributed by atoms with Gasteiger partial charge in [0.25, 0.3) is 5.91 Å². The number of hydrogen-bond donors (Lipinski definition) is 1. The minimum absolute atomic E-state index is 0.283. The van der Waals surface area contributed by atoms with Crippen LogP contribution in [0.2, 0.25) is 5.02 Å². The Kier molecular flexibility index (Phi) is 4.48. The van der Waals surface area contributed by atoms with E-state index in [-0.39, 0.29) is 5.91 Å². The summed E-state index contributed by atoms with van der Waals surface area (Å²) in [6, 6.07) is 13.8. The molecule has 4 aromatic rings. The molecule has 4 rings (SSSR count). The molecule has 0 saturated heterocycles. The van der Waals surface area contributed by atoms with Crippen molar-refractivity contribution < 1.29 is 13.9 Å². The Morgan fingerprint density at radius 1 is 1.19 bits per heavy atom. The van der Waals surface area contributed by atoms with Gasteiger partial charge in [-0.3, -0.25) is 9.78 Å². The quantitative estimate of drug-likeness (QED) is 0.551. The third-order valence-electron chi connectivity index (χ3n) is 3.97. The summed E-state index contributed by atoms with van der Waals surface area (Å²) in [6.45, 7) is 0. The molecule has 0 aliphatic rings. The van der Waals surface area contributed by atoms with E-state index in [0.717, 1.165) is 5.56 Å². The van der Waals surface area contributed by atoms with Crippen molar-refractivity contribution in [2.45, 2.75) is 0 Å². The Balaban J connectivity index is 1.59. The smallest absolute Gasteiger partial charge is 0.255 e. The number of ether oxygens (including phenoxy) is 1. The van der Waals surface area contributed by atoms with Crippen LogP contribution in [0.4, 0.5) is 5.69 Å². The average Bonchev–Trinajstić information content (AvgIpc) is 3.12. The molecule has 0 aliphatic carbocycles. The molecular weight excluding hydrogens is 366 g/mol. The maximum atomic E-state index is 12.5. The molecule has 1 amide bonds. The summed E-state index contributed by atoms with van der Waals surface area (Å²) < 4.78 is 10.8. The lowest BCUT2D eigenvalue weighted by atomic mass is 10.2. The lowest BCUT2D eigenvalue weighted by molar-refractivity contribution is 0.102. The number of anilines is 1. The molecule has 0 radical (unpaired) electrons. The van der Waals surface area contributed by atoms with Crippen molar-refractivity contribution in [3.63, 3.8) is 0 Å². The summed E-state index contributed by atoms with van der Waals surface area (Å²) in [6.07, 6.45) is 3.37. The zero-order valence-electron chi connectivity index (χ0n) is 14.3. The Hall–Kier alpha value is -3.38. The number of methoxy groups -OCH3 is 1. The average molecular weight is 380 g/mol. The molecular formula is C20H14ClN3O3. The van der Waals surface area contributed by atoms with Gasteiger partial charge in [-0.15, -0.1) is 0 Å². The first-order valence-electron chi connectivity index (χ1n) is 8.10. The monoisotopic (exact) mass is 379 g/mol. The minimum Gasteiger partial charge on any atom is -0.495 e. The van der Waals surface area contributed by atoms with Gasteiger partial charge < -0.3 is 14.5 Å². The van der Waals surface area contributed by atoms with E-state index in [1.54, 1.807) is 48.8 Å². The number of carbonyl (C=O) groups is 1. The Bertz CT molecular complexity index is 1130. The SMILES string of the molecule is COc1ccc(C(=O)Nc2ccc3oc(-c4cccnc4)nc3c2)cc1Cl. The van der Waals surface area contributed by atoms with Crippen LogP contribution in [-0.2, 0) is 0 Å². The standard InChI is InChI=1S/C20H14ClN3O3/c1-26-17-6-4-12(9-15(17)21)19(25)23-14-5-7-18-16(10-14)24-20(27-18)13-3-2-8-22-11-13/h2-11H,1H3,(H,23,25). The van der Waals surface area contributed by atoms with E-state index in [0.29, 0.717) is 39.0 Å². The minimum atomic E-state index is -0.283. The highest BCUT2D eigenvalue weighted by Crippen LogP contribution is 2.27. The highest BCUT2D eigenvalue weighted by Gasteiger charge is 2.12. The molecule has 2 aromatic carbocycles. The number of halogens is 1. The van der Waals surface area contributed by atoms with Gasteiger partial charge in [0.05, 0.1) is 17.7 Å². The predicted octanol–water partition coefficient (Wildman–Crippen LogP) is 4.80. The number of rotatable bonds is 4. The van der Waals surface area contributed by atoms with Gasteiger partial charge in [-0.05, 0) is 48.5 Å². The van der Waals surface area contributed by atoms with Crippen molar-refractivity contribution in [1.82, 2.24) is 9.97 Å². The lowest BCUT2D eigenvalue weighted by Gasteiger charge is -2.07. The molecule has 0 unspecified atom stereocenters. The highest BCUT2D eigenvalue weighted by molar-refractivity contribution is 6.32. The molecule has 7 heteroatoms. The second-order valence-corrected chi connectivity index (χ2v) is 6.15. The third kappa shape index (κ3) is 3.47. The van der Waals surface area contributed by atoms with E-state index in [4.69, 9.17) is 20.8 Å². The summed E-state index contributed by atoms with van der Waals surface area (Å²) >= 11 is 6.08. The maximum Gasteiger partial charge on any atom is 0.255 e. The van der Waals surface area contributed by atoms with Crippen molar-refractivity contribution in [3.05, 3.63) is 71.5 Å².